The van der Waals surface area contributed by atoms with Crippen molar-refractivity contribution >= 4 is 0 Å². The fourth-order valence-corrected chi connectivity index (χ4v) is 2.06. The lowest BCUT2D eigenvalue weighted by Gasteiger charge is -2.28. The first-order valence-electron chi connectivity index (χ1n) is 5.60. The summed E-state index contributed by atoms with van der Waals surface area (Å²) in [4.78, 5) is 0. The third kappa shape index (κ3) is 2.27. The van der Waals surface area contributed by atoms with Crippen LogP contribution in [0.2, 0.25) is 0 Å². The van der Waals surface area contributed by atoms with E-state index < -0.39 is 6.10 Å². The molecule has 2 unspecified atom stereocenters. The molecule has 1 aliphatic rings. The van der Waals surface area contributed by atoms with Crippen LogP contribution in [0, 0.1) is 11.8 Å². The number of aliphatic hydroxyl groups is 1. The Kier molecular flexibility index (Phi) is 3.61. The van der Waals surface area contributed by atoms with Gasteiger partial charge < -0.3 is 9.84 Å². The van der Waals surface area contributed by atoms with Crippen molar-refractivity contribution in [1.29, 1.82) is 0 Å². The molecule has 0 spiro atoms. The average molecular weight is 216 g/mol. The van der Waals surface area contributed by atoms with Crippen molar-refractivity contribution in [2.24, 2.45) is 0 Å². The lowest BCUT2D eigenvalue weighted by atomic mass is 9.93. The van der Waals surface area contributed by atoms with E-state index in [1.807, 2.05) is 18.2 Å². The van der Waals surface area contributed by atoms with Crippen LogP contribution in [0.4, 0.5) is 0 Å². The van der Waals surface area contributed by atoms with Gasteiger partial charge in [0.05, 0.1) is 12.7 Å². The van der Waals surface area contributed by atoms with Crippen LogP contribution < -0.4 is 0 Å². The highest BCUT2D eigenvalue weighted by atomic mass is 16.5. The molecule has 2 rings (SSSR count). The predicted octanol–water partition coefficient (Wildman–Crippen LogP) is 2.07. The maximum atomic E-state index is 10.0. The fourth-order valence-electron chi connectivity index (χ4n) is 2.06. The maximum absolute atomic E-state index is 10.0. The molecule has 0 saturated carbocycles. The molecule has 0 aromatic heterocycles. The minimum absolute atomic E-state index is 0.217. The lowest BCUT2D eigenvalue weighted by Crippen LogP contribution is -2.26. The summed E-state index contributed by atoms with van der Waals surface area (Å²) in [6.07, 6.45) is 0.647. The second-order valence-electron chi connectivity index (χ2n) is 3.94. The summed E-state index contributed by atoms with van der Waals surface area (Å²) >= 11 is 0. The SMILES string of the molecule is CC#CCC(O)C1OCCc2ccccc21. The Morgan fingerprint density at radius 3 is 3.12 bits per heavy atom. The molecule has 1 aromatic rings. The van der Waals surface area contributed by atoms with E-state index in [4.69, 9.17) is 4.74 Å². The van der Waals surface area contributed by atoms with Crippen LogP contribution in [0.15, 0.2) is 24.3 Å². The summed E-state index contributed by atoms with van der Waals surface area (Å²) in [5.41, 5.74) is 2.39. The van der Waals surface area contributed by atoms with Crippen LogP contribution in [-0.4, -0.2) is 17.8 Å². The monoisotopic (exact) mass is 216 g/mol. The molecule has 2 heteroatoms. The zero-order valence-electron chi connectivity index (χ0n) is 9.44. The Morgan fingerprint density at radius 1 is 1.50 bits per heavy atom. The van der Waals surface area contributed by atoms with Crippen molar-refractivity contribution in [2.75, 3.05) is 6.61 Å². The van der Waals surface area contributed by atoms with Gasteiger partial charge in [0.15, 0.2) is 0 Å². The van der Waals surface area contributed by atoms with Gasteiger partial charge in [-0.05, 0) is 24.5 Å². The van der Waals surface area contributed by atoms with Crippen molar-refractivity contribution < 1.29 is 9.84 Å². The Balaban J connectivity index is 2.20. The molecule has 1 N–H and O–H groups in total. The van der Waals surface area contributed by atoms with E-state index in [9.17, 15) is 5.11 Å². The smallest absolute Gasteiger partial charge is 0.110 e. The largest absolute Gasteiger partial charge is 0.389 e. The van der Waals surface area contributed by atoms with E-state index in [2.05, 4.69) is 17.9 Å². The molecule has 0 aliphatic carbocycles. The predicted molar refractivity (Wildman–Crippen MR) is 62.9 cm³/mol. The van der Waals surface area contributed by atoms with Crippen molar-refractivity contribution in [3.63, 3.8) is 0 Å². The summed E-state index contributed by atoms with van der Waals surface area (Å²) in [6, 6.07) is 8.14. The first-order chi connectivity index (χ1) is 7.83. The zero-order chi connectivity index (χ0) is 11.4. The number of ether oxygens (including phenoxy) is 1. The molecule has 0 fully saturated rings. The van der Waals surface area contributed by atoms with E-state index in [-0.39, 0.29) is 6.10 Å². The number of hydrogen-bond donors (Lipinski definition) is 1. The molecule has 0 saturated heterocycles. The number of hydrogen-bond acceptors (Lipinski definition) is 2. The zero-order valence-corrected chi connectivity index (χ0v) is 9.44. The quantitative estimate of drug-likeness (QED) is 0.767. The Hall–Kier alpha value is -1.30. The highest BCUT2D eigenvalue weighted by molar-refractivity contribution is 5.31. The van der Waals surface area contributed by atoms with E-state index in [1.165, 1.54) is 5.56 Å². The Morgan fingerprint density at radius 2 is 2.31 bits per heavy atom. The molecule has 1 aliphatic heterocycles. The van der Waals surface area contributed by atoms with Gasteiger partial charge in [0.1, 0.15) is 6.10 Å². The van der Waals surface area contributed by atoms with E-state index in [1.54, 1.807) is 6.92 Å². The highest BCUT2D eigenvalue weighted by Crippen LogP contribution is 2.30. The van der Waals surface area contributed by atoms with E-state index in [0.29, 0.717) is 13.0 Å². The minimum atomic E-state index is -0.533. The lowest BCUT2D eigenvalue weighted by molar-refractivity contribution is -0.0442. The van der Waals surface area contributed by atoms with Crippen LogP contribution in [-0.2, 0) is 11.2 Å². The molecule has 0 bridgehead atoms. The number of fused-ring (bicyclic) bond motifs is 1. The minimum Gasteiger partial charge on any atom is -0.389 e. The van der Waals surface area contributed by atoms with Gasteiger partial charge in [0, 0.05) is 6.42 Å². The molecular weight excluding hydrogens is 200 g/mol. The van der Waals surface area contributed by atoms with Gasteiger partial charge in [-0.1, -0.05) is 24.3 Å². The summed E-state index contributed by atoms with van der Waals surface area (Å²) in [7, 11) is 0. The van der Waals surface area contributed by atoms with Crippen LogP contribution >= 0.6 is 0 Å². The van der Waals surface area contributed by atoms with Gasteiger partial charge in [-0.15, -0.1) is 11.8 Å². The third-order valence-corrected chi connectivity index (χ3v) is 2.87. The topological polar surface area (TPSA) is 29.5 Å². The van der Waals surface area contributed by atoms with E-state index in [0.717, 1.165) is 12.0 Å². The third-order valence-electron chi connectivity index (χ3n) is 2.87. The van der Waals surface area contributed by atoms with Gasteiger partial charge in [-0.3, -0.25) is 0 Å². The van der Waals surface area contributed by atoms with Crippen molar-refractivity contribution in [1.82, 2.24) is 0 Å². The van der Waals surface area contributed by atoms with Gasteiger partial charge in [0.2, 0.25) is 0 Å². The van der Waals surface area contributed by atoms with Gasteiger partial charge in [0.25, 0.3) is 0 Å². The molecule has 1 aromatic carbocycles. The number of rotatable bonds is 2. The molecule has 0 radical (unpaired) electrons. The molecule has 16 heavy (non-hydrogen) atoms. The average Bonchev–Trinajstić information content (AvgIpc) is 2.35. The second-order valence-corrected chi connectivity index (χ2v) is 3.94. The standard InChI is InChI=1S/C14H16O2/c1-2-3-8-13(15)14-12-7-5-4-6-11(12)9-10-16-14/h4-7,13-15H,8-10H2,1H3. The van der Waals surface area contributed by atoms with Crippen LogP contribution in [0.5, 0.6) is 0 Å². The first-order valence-corrected chi connectivity index (χ1v) is 5.60. The normalized spacial score (nSPS) is 20.5. The Labute approximate surface area is 96.3 Å². The summed E-state index contributed by atoms with van der Waals surface area (Å²) < 4.78 is 5.65. The first kappa shape index (κ1) is 11.2. The fraction of sp³-hybridized carbons (Fsp3) is 0.429. The molecule has 2 nitrogen and oxygen atoms in total. The maximum Gasteiger partial charge on any atom is 0.110 e. The molecular formula is C14H16O2. The number of aliphatic hydroxyl groups excluding tert-OH is 1. The molecule has 84 valence electrons. The van der Waals surface area contributed by atoms with Gasteiger partial charge in [-0.2, -0.15) is 0 Å². The Bertz CT molecular complexity index is 414. The van der Waals surface area contributed by atoms with Crippen molar-refractivity contribution in [3.05, 3.63) is 35.4 Å². The van der Waals surface area contributed by atoms with Crippen LogP contribution in [0.3, 0.4) is 0 Å². The van der Waals surface area contributed by atoms with E-state index >= 15 is 0 Å². The van der Waals surface area contributed by atoms with Gasteiger partial charge in [-0.25, -0.2) is 0 Å². The molecule has 1 heterocycles. The molecule has 2 atom stereocenters. The van der Waals surface area contributed by atoms with Crippen molar-refractivity contribution in [2.45, 2.75) is 32.0 Å². The highest BCUT2D eigenvalue weighted by Gasteiger charge is 2.26. The van der Waals surface area contributed by atoms with Crippen LogP contribution in [0.25, 0.3) is 0 Å². The summed E-state index contributed by atoms with van der Waals surface area (Å²) in [5, 5.41) is 10.0. The van der Waals surface area contributed by atoms with Crippen molar-refractivity contribution in [3.8, 4) is 11.8 Å². The van der Waals surface area contributed by atoms with Crippen LogP contribution in [0.1, 0.15) is 30.6 Å². The second kappa shape index (κ2) is 5.16. The summed E-state index contributed by atoms with van der Waals surface area (Å²) in [5.74, 6) is 5.69. The number of benzene rings is 1. The molecule has 0 amide bonds. The summed E-state index contributed by atoms with van der Waals surface area (Å²) in [6.45, 7) is 2.46. The van der Waals surface area contributed by atoms with Gasteiger partial charge >= 0.3 is 0 Å².